The number of carbonyl (C=O) groups excluding carboxylic acids is 1. The van der Waals surface area contributed by atoms with Gasteiger partial charge in [0.05, 0.1) is 6.21 Å². The molecule has 7 nitrogen and oxygen atoms in total. The maximum Gasteiger partial charge on any atom is 0.339 e. The van der Waals surface area contributed by atoms with Crippen molar-refractivity contribution in [2.45, 2.75) is 11.8 Å². The molecule has 23 heavy (non-hydrogen) atoms. The minimum atomic E-state index is -3.88. The monoisotopic (exact) mass is 333 g/mol. The maximum absolute atomic E-state index is 12.1. The molecule has 0 aliphatic rings. The zero-order chi connectivity index (χ0) is 16.9. The highest BCUT2D eigenvalue weighted by Crippen LogP contribution is 2.19. The van der Waals surface area contributed by atoms with E-state index in [-0.39, 0.29) is 10.6 Å². The third-order valence-corrected chi connectivity index (χ3v) is 4.05. The largest absolute Gasteiger partial charge is 0.379 e. The van der Waals surface area contributed by atoms with Gasteiger partial charge in [0.1, 0.15) is 10.6 Å². The highest BCUT2D eigenvalue weighted by atomic mass is 32.2. The molecule has 120 valence electrons. The Morgan fingerprint density at radius 2 is 1.74 bits per heavy atom. The summed E-state index contributed by atoms with van der Waals surface area (Å²) >= 11 is 0. The molecule has 0 saturated heterocycles. The second-order valence-electron chi connectivity index (χ2n) is 4.65. The van der Waals surface area contributed by atoms with Crippen LogP contribution in [0.4, 0.5) is 4.79 Å². The Balaban J connectivity index is 2.09. The van der Waals surface area contributed by atoms with Gasteiger partial charge in [-0.1, -0.05) is 17.7 Å². The van der Waals surface area contributed by atoms with Crippen molar-refractivity contribution < 1.29 is 17.4 Å². The van der Waals surface area contributed by atoms with Gasteiger partial charge in [0.25, 0.3) is 0 Å². The van der Waals surface area contributed by atoms with Crippen LogP contribution in [0, 0.1) is 6.92 Å². The molecular formula is C15H15N3O4S. The number of urea groups is 1. The normalized spacial score (nSPS) is 11.3. The zero-order valence-electron chi connectivity index (χ0n) is 12.3. The standard InChI is InChI=1S/C15H15N3O4S/c1-11-2-8-14(9-3-11)23(20,21)22-13-6-4-12(5-7-13)10-17-18-15(16)19/h2-10H,1H3,(H3,16,18,19)/b17-10+. The SMILES string of the molecule is Cc1ccc(S(=O)(=O)Oc2ccc(/C=N/NC(N)=O)cc2)cc1. The summed E-state index contributed by atoms with van der Waals surface area (Å²) in [7, 11) is -3.88. The number of rotatable bonds is 5. The van der Waals surface area contributed by atoms with Gasteiger partial charge < -0.3 is 9.92 Å². The highest BCUT2D eigenvalue weighted by molar-refractivity contribution is 7.87. The van der Waals surface area contributed by atoms with E-state index in [0.29, 0.717) is 5.56 Å². The summed E-state index contributed by atoms with van der Waals surface area (Å²) in [5.74, 6) is 0.172. The van der Waals surface area contributed by atoms with Gasteiger partial charge in [-0.3, -0.25) is 0 Å². The first kappa shape index (κ1) is 16.5. The molecule has 0 atom stereocenters. The summed E-state index contributed by atoms with van der Waals surface area (Å²) in [5, 5.41) is 3.59. The number of hydrogen-bond donors (Lipinski definition) is 2. The summed E-state index contributed by atoms with van der Waals surface area (Å²) in [6, 6.07) is 11.7. The predicted molar refractivity (Wildman–Crippen MR) is 85.7 cm³/mol. The second kappa shape index (κ2) is 6.93. The highest BCUT2D eigenvalue weighted by Gasteiger charge is 2.16. The quantitative estimate of drug-likeness (QED) is 0.493. The summed E-state index contributed by atoms with van der Waals surface area (Å²) < 4.78 is 29.3. The predicted octanol–water partition coefficient (Wildman–Crippen LogP) is 1.76. The number of nitrogens with zero attached hydrogens (tertiary/aromatic N) is 1. The van der Waals surface area contributed by atoms with Crippen LogP contribution in [0.15, 0.2) is 58.5 Å². The number of carbonyl (C=O) groups is 1. The van der Waals surface area contributed by atoms with E-state index in [9.17, 15) is 13.2 Å². The van der Waals surface area contributed by atoms with Gasteiger partial charge in [-0.2, -0.15) is 13.5 Å². The van der Waals surface area contributed by atoms with Gasteiger partial charge in [-0.25, -0.2) is 10.2 Å². The van der Waals surface area contributed by atoms with Crippen LogP contribution in [0.3, 0.4) is 0 Å². The number of hydrogen-bond acceptors (Lipinski definition) is 5. The smallest absolute Gasteiger partial charge is 0.339 e. The van der Waals surface area contributed by atoms with Crippen molar-refractivity contribution in [2.75, 3.05) is 0 Å². The molecule has 2 rings (SSSR count). The fourth-order valence-electron chi connectivity index (χ4n) is 1.66. The van der Waals surface area contributed by atoms with Crippen molar-refractivity contribution in [1.82, 2.24) is 5.43 Å². The summed E-state index contributed by atoms with van der Waals surface area (Å²) in [6.45, 7) is 1.87. The lowest BCUT2D eigenvalue weighted by Gasteiger charge is -2.07. The van der Waals surface area contributed by atoms with Crippen LogP contribution < -0.4 is 15.3 Å². The lowest BCUT2D eigenvalue weighted by molar-refractivity contribution is 0.249. The molecule has 0 bridgehead atoms. The molecule has 0 radical (unpaired) electrons. The van der Waals surface area contributed by atoms with Crippen molar-refractivity contribution >= 4 is 22.4 Å². The molecule has 0 aromatic heterocycles. The van der Waals surface area contributed by atoms with Crippen molar-refractivity contribution in [3.63, 3.8) is 0 Å². The molecule has 0 spiro atoms. The first-order valence-electron chi connectivity index (χ1n) is 6.56. The van der Waals surface area contributed by atoms with Gasteiger partial charge in [-0.05, 0) is 48.9 Å². The second-order valence-corrected chi connectivity index (χ2v) is 6.20. The number of nitrogens with one attached hydrogen (secondary N) is 1. The van der Waals surface area contributed by atoms with Crippen LogP contribution in [-0.2, 0) is 10.1 Å². The minimum absolute atomic E-state index is 0.0828. The van der Waals surface area contributed by atoms with E-state index >= 15 is 0 Å². The Bertz CT molecular complexity index is 813. The van der Waals surface area contributed by atoms with Crippen molar-refractivity contribution in [2.24, 2.45) is 10.8 Å². The molecule has 3 N–H and O–H groups in total. The minimum Gasteiger partial charge on any atom is -0.379 e. The van der Waals surface area contributed by atoms with E-state index in [0.717, 1.165) is 5.56 Å². The summed E-state index contributed by atoms with van der Waals surface area (Å²) in [4.78, 5) is 10.5. The van der Waals surface area contributed by atoms with Gasteiger partial charge >= 0.3 is 16.1 Å². The van der Waals surface area contributed by atoms with Crippen LogP contribution in [0.5, 0.6) is 5.75 Å². The number of aryl methyl sites for hydroxylation is 1. The topological polar surface area (TPSA) is 111 Å². The molecule has 0 fully saturated rings. The van der Waals surface area contributed by atoms with E-state index in [1.807, 2.05) is 6.92 Å². The molecule has 2 amide bonds. The van der Waals surface area contributed by atoms with Crippen LogP contribution in [0.2, 0.25) is 0 Å². The Morgan fingerprint density at radius 3 is 2.30 bits per heavy atom. The average Bonchev–Trinajstić information content (AvgIpc) is 2.49. The number of nitrogens with two attached hydrogens (primary N) is 1. The van der Waals surface area contributed by atoms with E-state index in [2.05, 4.69) is 10.5 Å². The number of benzene rings is 2. The van der Waals surface area contributed by atoms with Crippen LogP contribution in [0.25, 0.3) is 0 Å². The fourth-order valence-corrected chi connectivity index (χ4v) is 2.59. The first-order valence-corrected chi connectivity index (χ1v) is 7.97. The van der Waals surface area contributed by atoms with Gasteiger partial charge in [0.15, 0.2) is 0 Å². The zero-order valence-corrected chi connectivity index (χ0v) is 13.1. The van der Waals surface area contributed by atoms with E-state index < -0.39 is 16.1 Å². The third-order valence-electron chi connectivity index (χ3n) is 2.78. The van der Waals surface area contributed by atoms with Crippen molar-refractivity contribution in [3.8, 4) is 5.75 Å². The molecule has 0 unspecified atom stereocenters. The molecule has 0 saturated carbocycles. The van der Waals surface area contributed by atoms with Gasteiger partial charge in [0.2, 0.25) is 0 Å². The third kappa shape index (κ3) is 4.82. The van der Waals surface area contributed by atoms with Crippen molar-refractivity contribution in [1.29, 1.82) is 0 Å². The van der Waals surface area contributed by atoms with Crippen molar-refractivity contribution in [3.05, 3.63) is 59.7 Å². The maximum atomic E-state index is 12.1. The van der Waals surface area contributed by atoms with Crippen LogP contribution in [0.1, 0.15) is 11.1 Å². The first-order chi connectivity index (χ1) is 10.9. The lowest BCUT2D eigenvalue weighted by Crippen LogP contribution is -2.24. The number of amides is 2. The van der Waals surface area contributed by atoms with Gasteiger partial charge in [0, 0.05) is 0 Å². The molecule has 0 aliphatic carbocycles. The Hall–Kier alpha value is -2.87. The van der Waals surface area contributed by atoms with E-state index in [4.69, 9.17) is 9.92 Å². The number of primary amides is 1. The fraction of sp³-hybridized carbons (Fsp3) is 0.0667. The molecule has 2 aromatic carbocycles. The van der Waals surface area contributed by atoms with Gasteiger partial charge in [-0.15, -0.1) is 0 Å². The summed E-state index contributed by atoms with van der Waals surface area (Å²) in [5.41, 5.74) is 8.51. The molecular weight excluding hydrogens is 318 g/mol. The van der Waals surface area contributed by atoms with Crippen LogP contribution >= 0.6 is 0 Å². The average molecular weight is 333 g/mol. The Kier molecular flexibility index (Phi) is 4.97. The molecule has 8 heteroatoms. The van der Waals surface area contributed by atoms with Crippen LogP contribution in [-0.4, -0.2) is 20.7 Å². The lowest BCUT2D eigenvalue weighted by atomic mass is 10.2. The summed E-state index contributed by atoms with van der Waals surface area (Å²) in [6.07, 6.45) is 1.36. The van der Waals surface area contributed by atoms with E-state index in [1.54, 1.807) is 24.3 Å². The Labute approximate surface area is 133 Å². The molecule has 0 heterocycles. The Morgan fingerprint density at radius 1 is 1.13 bits per heavy atom. The molecule has 2 aromatic rings. The van der Waals surface area contributed by atoms with E-state index in [1.165, 1.54) is 30.5 Å². The molecule has 0 aliphatic heterocycles. The number of hydrazone groups is 1.